The van der Waals surface area contributed by atoms with Crippen LogP contribution in [-0.2, 0) is 0 Å². The van der Waals surface area contributed by atoms with Crippen molar-refractivity contribution in [2.24, 2.45) is 5.41 Å². The number of nitrogens with zero attached hydrogens (tertiary/aromatic N) is 2. The first-order valence-corrected chi connectivity index (χ1v) is 5.61. The van der Waals surface area contributed by atoms with Crippen LogP contribution in [0.3, 0.4) is 0 Å². The summed E-state index contributed by atoms with van der Waals surface area (Å²) in [5.74, 6) is 0.0672. The Morgan fingerprint density at radius 3 is 2.69 bits per heavy atom. The number of carbonyl (C=O) groups is 1. The summed E-state index contributed by atoms with van der Waals surface area (Å²) < 4.78 is 0. The van der Waals surface area contributed by atoms with Crippen molar-refractivity contribution < 1.29 is 4.79 Å². The van der Waals surface area contributed by atoms with Gasteiger partial charge in [-0.25, -0.2) is 0 Å². The number of pyridine rings is 1. The van der Waals surface area contributed by atoms with Gasteiger partial charge in [-0.05, 0) is 18.6 Å². The molecule has 0 atom stereocenters. The molecule has 84 valence electrons. The highest BCUT2D eigenvalue weighted by Crippen LogP contribution is 2.34. The van der Waals surface area contributed by atoms with Gasteiger partial charge in [0, 0.05) is 37.8 Å². The largest absolute Gasteiger partial charge is 0.336 e. The van der Waals surface area contributed by atoms with E-state index in [0.717, 1.165) is 31.7 Å². The third kappa shape index (κ3) is 1.41. The Morgan fingerprint density at radius 2 is 2.19 bits per heavy atom. The predicted molar refractivity (Wildman–Crippen MR) is 60.2 cm³/mol. The average Bonchev–Trinajstić information content (AvgIpc) is 2.14. The lowest BCUT2D eigenvalue weighted by molar-refractivity contribution is -0.0251. The van der Waals surface area contributed by atoms with E-state index in [1.165, 1.54) is 0 Å². The summed E-state index contributed by atoms with van der Waals surface area (Å²) in [6.07, 6.45) is 1.74. The van der Waals surface area contributed by atoms with Gasteiger partial charge in [-0.1, -0.05) is 6.07 Å². The van der Waals surface area contributed by atoms with Crippen molar-refractivity contribution in [3.8, 4) is 0 Å². The number of hydrogen-bond acceptors (Lipinski definition) is 3. The van der Waals surface area contributed by atoms with Crippen molar-refractivity contribution in [2.45, 2.75) is 6.92 Å². The Morgan fingerprint density at radius 1 is 1.44 bits per heavy atom. The number of likely N-dealkylation sites (tertiary alicyclic amines) is 1. The maximum Gasteiger partial charge on any atom is 0.272 e. The first-order chi connectivity index (χ1) is 7.69. The van der Waals surface area contributed by atoms with Crippen molar-refractivity contribution in [2.75, 3.05) is 26.2 Å². The minimum atomic E-state index is 0.0672. The molecule has 2 fully saturated rings. The highest BCUT2D eigenvalue weighted by Gasteiger charge is 2.49. The summed E-state index contributed by atoms with van der Waals surface area (Å²) in [5.41, 5.74) is 2.04. The number of carbonyl (C=O) groups excluding carboxylic acids is 1. The molecule has 0 bridgehead atoms. The monoisotopic (exact) mass is 217 g/mol. The van der Waals surface area contributed by atoms with Crippen LogP contribution in [0.15, 0.2) is 18.3 Å². The molecule has 3 rings (SSSR count). The number of hydrogen-bond donors (Lipinski definition) is 1. The smallest absolute Gasteiger partial charge is 0.272 e. The highest BCUT2D eigenvalue weighted by molar-refractivity contribution is 5.93. The van der Waals surface area contributed by atoms with Gasteiger partial charge >= 0.3 is 0 Å². The third-order valence-electron chi connectivity index (χ3n) is 3.47. The van der Waals surface area contributed by atoms with Crippen molar-refractivity contribution in [3.05, 3.63) is 29.6 Å². The molecule has 0 aromatic carbocycles. The van der Waals surface area contributed by atoms with E-state index in [-0.39, 0.29) is 5.91 Å². The van der Waals surface area contributed by atoms with Crippen molar-refractivity contribution in [1.29, 1.82) is 0 Å². The molecule has 2 saturated heterocycles. The quantitative estimate of drug-likeness (QED) is 0.742. The first kappa shape index (κ1) is 9.78. The van der Waals surface area contributed by atoms with E-state index < -0.39 is 0 Å². The zero-order valence-electron chi connectivity index (χ0n) is 9.36. The van der Waals surface area contributed by atoms with Gasteiger partial charge in [0.15, 0.2) is 0 Å². The maximum absolute atomic E-state index is 12.0. The number of nitrogens with one attached hydrogen (secondary N) is 1. The van der Waals surface area contributed by atoms with Crippen molar-refractivity contribution in [3.63, 3.8) is 0 Å². The van der Waals surface area contributed by atoms with E-state index in [1.54, 1.807) is 6.20 Å². The van der Waals surface area contributed by atoms with E-state index in [0.29, 0.717) is 11.1 Å². The first-order valence-electron chi connectivity index (χ1n) is 5.61. The summed E-state index contributed by atoms with van der Waals surface area (Å²) in [7, 11) is 0. The SMILES string of the molecule is Cc1ccc(C(=O)N2CC3(CNC3)C2)nc1. The van der Waals surface area contributed by atoms with Gasteiger partial charge in [0.25, 0.3) is 5.91 Å². The second-order valence-electron chi connectivity index (χ2n) is 4.99. The molecule has 16 heavy (non-hydrogen) atoms. The topological polar surface area (TPSA) is 45.2 Å². The Bertz CT molecular complexity index is 414. The Balaban J connectivity index is 1.68. The summed E-state index contributed by atoms with van der Waals surface area (Å²) in [5, 5.41) is 3.26. The van der Waals surface area contributed by atoms with Crippen LogP contribution >= 0.6 is 0 Å². The molecule has 0 unspecified atom stereocenters. The van der Waals surface area contributed by atoms with E-state index in [9.17, 15) is 4.79 Å². The standard InChI is InChI=1S/C12H15N3O/c1-9-2-3-10(14-4-9)11(16)15-7-12(8-15)5-13-6-12/h2-4,13H,5-8H2,1H3. The molecular formula is C12H15N3O. The number of rotatable bonds is 1. The van der Waals surface area contributed by atoms with E-state index >= 15 is 0 Å². The van der Waals surface area contributed by atoms with Crippen LogP contribution in [0.25, 0.3) is 0 Å². The minimum absolute atomic E-state index is 0.0672. The third-order valence-corrected chi connectivity index (χ3v) is 3.47. The predicted octanol–water partition coefficient (Wildman–Crippen LogP) is 0.435. The van der Waals surface area contributed by atoms with E-state index in [2.05, 4.69) is 10.3 Å². The normalized spacial score (nSPS) is 21.4. The van der Waals surface area contributed by atoms with Gasteiger partial charge in [-0.15, -0.1) is 0 Å². The second kappa shape index (κ2) is 3.28. The second-order valence-corrected chi connectivity index (χ2v) is 4.99. The van der Waals surface area contributed by atoms with Gasteiger partial charge in [0.2, 0.25) is 0 Å². The molecule has 0 radical (unpaired) electrons. The molecule has 3 heterocycles. The van der Waals surface area contributed by atoms with Crippen LogP contribution in [0.2, 0.25) is 0 Å². The van der Waals surface area contributed by atoms with E-state index in [1.807, 2.05) is 24.0 Å². The Hall–Kier alpha value is -1.42. The van der Waals surface area contributed by atoms with Crippen molar-refractivity contribution in [1.82, 2.24) is 15.2 Å². The number of amides is 1. The fourth-order valence-electron chi connectivity index (χ4n) is 2.37. The van der Waals surface area contributed by atoms with Crippen LogP contribution in [0, 0.1) is 12.3 Å². The van der Waals surface area contributed by atoms with Crippen molar-refractivity contribution >= 4 is 5.91 Å². The molecule has 1 aromatic heterocycles. The molecule has 4 heteroatoms. The average molecular weight is 217 g/mol. The lowest BCUT2D eigenvalue weighted by atomic mass is 9.74. The minimum Gasteiger partial charge on any atom is -0.336 e. The Kier molecular flexibility index (Phi) is 2.01. The van der Waals surface area contributed by atoms with Crippen LogP contribution in [0.4, 0.5) is 0 Å². The zero-order valence-corrected chi connectivity index (χ0v) is 9.36. The van der Waals surface area contributed by atoms with Gasteiger partial charge in [-0.3, -0.25) is 9.78 Å². The van der Waals surface area contributed by atoms with Gasteiger partial charge in [0.1, 0.15) is 5.69 Å². The Labute approximate surface area is 94.7 Å². The lowest BCUT2D eigenvalue weighted by Gasteiger charge is -2.55. The molecule has 1 amide bonds. The molecule has 4 nitrogen and oxygen atoms in total. The summed E-state index contributed by atoms with van der Waals surface area (Å²) in [6, 6.07) is 3.74. The lowest BCUT2D eigenvalue weighted by Crippen LogP contribution is -2.71. The zero-order chi connectivity index (χ0) is 11.2. The molecule has 0 saturated carbocycles. The summed E-state index contributed by atoms with van der Waals surface area (Å²) in [6.45, 7) is 5.85. The number of aromatic nitrogens is 1. The maximum atomic E-state index is 12.0. The summed E-state index contributed by atoms with van der Waals surface area (Å²) in [4.78, 5) is 18.1. The van der Waals surface area contributed by atoms with Crippen LogP contribution in [0.1, 0.15) is 16.1 Å². The van der Waals surface area contributed by atoms with Gasteiger partial charge in [-0.2, -0.15) is 0 Å². The van der Waals surface area contributed by atoms with Gasteiger partial charge in [0.05, 0.1) is 0 Å². The van der Waals surface area contributed by atoms with Crippen LogP contribution in [-0.4, -0.2) is 42.0 Å². The van der Waals surface area contributed by atoms with Crippen LogP contribution < -0.4 is 5.32 Å². The number of aryl methyl sites for hydroxylation is 1. The fraction of sp³-hybridized carbons (Fsp3) is 0.500. The highest BCUT2D eigenvalue weighted by atomic mass is 16.2. The van der Waals surface area contributed by atoms with Crippen LogP contribution in [0.5, 0.6) is 0 Å². The molecule has 0 aliphatic carbocycles. The molecular weight excluding hydrogens is 202 g/mol. The molecule has 2 aliphatic heterocycles. The molecule has 1 aromatic rings. The molecule has 1 N–H and O–H groups in total. The molecule has 2 aliphatic rings. The van der Waals surface area contributed by atoms with E-state index in [4.69, 9.17) is 0 Å². The fourth-order valence-corrected chi connectivity index (χ4v) is 2.37. The molecule has 1 spiro atoms. The summed E-state index contributed by atoms with van der Waals surface area (Å²) >= 11 is 0. The van der Waals surface area contributed by atoms with Gasteiger partial charge < -0.3 is 10.2 Å².